The SMILES string of the molecule is COC(=O)c1cccc2c(-c3c(P(=O)(c4ccccc4)c4ccccc4)ccc4c(C(=O)OC)cccc34)c(P(=O)(c3ccccc3)c3ccccc3)ccc12. The minimum atomic E-state index is -3.76. The summed E-state index contributed by atoms with van der Waals surface area (Å²) in [5.74, 6) is -1.07. The number of esters is 2. The average Bonchev–Trinajstić information content (AvgIpc) is 3.28. The first kappa shape index (κ1) is 36.6. The van der Waals surface area contributed by atoms with Crippen molar-refractivity contribution in [2.75, 3.05) is 14.2 Å². The molecule has 56 heavy (non-hydrogen) atoms. The van der Waals surface area contributed by atoms with E-state index in [2.05, 4.69) is 0 Å². The van der Waals surface area contributed by atoms with Crippen LogP contribution >= 0.6 is 14.3 Å². The normalized spacial score (nSPS) is 11.7. The highest BCUT2D eigenvalue weighted by Gasteiger charge is 2.38. The highest BCUT2D eigenvalue weighted by Crippen LogP contribution is 2.52. The molecule has 0 radical (unpaired) electrons. The van der Waals surface area contributed by atoms with E-state index >= 15 is 9.13 Å². The zero-order valence-electron chi connectivity index (χ0n) is 30.7. The number of carbonyl (C=O) groups excluding carboxylic acids is 2. The third kappa shape index (κ3) is 5.99. The molecule has 0 atom stereocenters. The molecule has 8 aromatic rings. The summed E-state index contributed by atoms with van der Waals surface area (Å²) in [5.41, 5.74) is 1.69. The van der Waals surface area contributed by atoms with Crippen LogP contribution in [-0.4, -0.2) is 26.2 Å². The minimum Gasteiger partial charge on any atom is -0.465 e. The first-order valence-corrected chi connectivity index (χ1v) is 21.5. The molecule has 0 saturated heterocycles. The van der Waals surface area contributed by atoms with E-state index in [0.29, 0.717) is 75.6 Å². The van der Waals surface area contributed by atoms with Crippen molar-refractivity contribution < 1.29 is 28.2 Å². The van der Waals surface area contributed by atoms with E-state index in [1.54, 1.807) is 24.3 Å². The average molecular weight is 771 g/mol. The van der Waals surface area contributed by atoms with Crippen molar-refractivity contribution in [3.8, 4) is 11.1 Å². The van der Waals surface area contributed by atoms with Gasteiger partial charge in [-0.3, -0.25) is 0 Å². The van der Waals surface area contributed by atoms with Gasteiger partial charge in [-0.25, -0.2) is 9.59 Å². The monoisotopic (exact) mass is 770 g/mol. The second-order valence-electron chi connectivity index (χ2n) is 13.3. The third-order valence-corrected chi connectivity index (χ3v) is 16.5. The van der Waals surface area contributed by atoms with Gasteiger partial charge in [0.05, 0.1) is 25.3 Å². The van der Waals surface area contributed by atoms with Gasteiger partial charge in [-0.15, -0.1) is 0 Å². The molecular weight excluding hydrogens is 734 g/mol. The van der Waals surface area contributed by atoms with Crippen molar-refractivity contribution in [2.45, 2.75) is 0 Å². The Hall–Kier alpha value is -6.32. The Kier molecular flexibility index (Phi) is 9.87. The van der Waals surface area contributed by atoms with Crippen LogP contribution in [0.25, 0.3) is 32.7 Å². The lowest BCUT2D eigenvalue weighted by molar-refractivity contribution is 0.0594. The van der Waals surface area contributed by atoms with Crippen LogP contribution < -0.4 is 31.8 Å². The van der Waals surface area contributed by atoms with Crippen molar-refractivity contribution in [1.29, 1.82) is 0 Å². The van der Waals surface area contributed by atoms with E-state index in [9.17, 15) is 9.59 Å². The summed E-state index contributed by atoms with van der Waals surface area (Å²) in [5, 5.41) is 5.68. The Morgan fingerprint density at radius 1 is 0.357 bits per heavy atom. The van der Waals surface area contributed by atoms with Gasteiger partial charge >= 0.3 is 11.9 Å². The first-order valence-electron chi connectivity index (χ1n) is 18.0. The van der Waals surface area contributed by atoms with Crippen molar-refractivity contribution in [3.05, 3.63) is 193 Å². The van der Waals surface area contributed by atoms with Gasteiger partial charge in [0.2, 0.25) is 0 Å². The standard InChI is InChI=1S/C48H36O6P2/c1-53-47(49)41-27-15-25-39-37(41)29-31-43(55(51,33-17-7-3-8-18-33)34-19-9-4-10-20-34)45(39)46-40-26-16-28-42(48(50)54-2)38(40)30-32-44(46)56(52,35-21-11-5-12-22-35)36-23-13-6-14-24-36/h3-32H,1-2H3. The maximum absolute atomic E-state index is 16.6. The summed E-state index contributed by atoms with van der Waals surface area (Å²) in [6.07, 6.45) is 0. The maximum atomic E-state index is 16.6. The summed E-state index contributed by atoms with van der Waals surface area (Å²) in [6.45, 7) is 0. The van der Waals surface area contributed by atoms with E-state index in [4.69, 9.17) is 9.47 Å². The fourth-order valence-corrected chi connectivity index (χ4v) is 13.5. The molecule has 8 heteroatoms. The van der Waals surface area contributed by atoms with Crippen LogP contribution in [0.2, 0.25) is 0 Å². The second kappa shape index (κ2) is 15.1. The molecule has 0 aromatic heterocycles. The van der Waals surface area contributed by atoms with Gasteiger partial charge in [0.1, 0.15) is 0 Å². The van der Waals surface area contributed by atoms with Gasteiger partial charge in [0.15, 0.2) is 14.3 Å². The van der Waals surface area contributed by atoms with Crippen LogP contribution in [0.1, 0.15) is 20.7 Å². The molecule has 8 rings (SSSR count). The first-order chi connectivity index (χ1) is 27.3. The quantitative estimate of drug-likeness (QED) is 0.108. The number of hydrogen-bond acceptors (Lipinski definition) is 6. The van der Waals surface area contributed by atoms with Crippen molar-refractivity contribution in [2.24, 2.45) is 0 Å². The fourth-order valence-electron chi connectivity index (χ4n) is 7.73. The number of carbonyl (C=O) groups is 2. The van der Waals surface area contributed by atoms with Crippen molar-refractivity contribution in [1.82, 2.24) is 0 Å². The van der Waals surface area contributed by atoms with Gasteiger partial charge in [-0.2, -0.15) is 0 Å². The van der Waals surface area contributed by atoms with E-state index in [0.717, 1.165) is 0 Å². The predicted molar refractivity (Wildman–Crippen MR) is 228 cm³/mol. The second-order valence-corrected chi connectivity index (χ2v) is 18.7. The molecule has 0 spiro atoms. The van der Waals surface area contributed by atoms with E-state index < -0.39 is 26.2 Å². The van der Waals surface area contributed by atoms with Crippen LogP contribution in [0.5, 0.6) is 0 Å². The molecule has 6 nitrogen and oxygen atoms in total. The smallest absolute Gasteiger partial charge is 0.338 e. The summed E-state index contributed by atoms with van der Waals surface area (Å²) < 4.78 is 43.6. The highest BCUT2D eigenvalue weighted by atomic mass is 31.2. The summed E-state index contributed by atoms with van der Waals surface area (Å²) in [6, 6.07) is 55.4. The van der Waals surface area contributed by atoms with Crippen molar-refractivity contribution in [3.63, 3.8) is 0 Å². The fraction of sp³-hybridized carbons (Fsp3) is 0.0417. The van der Waals surface area contributed by atoms with Crippen LogP contribution in [0.3, 0.4) is 0 Å². The molecule has 8 aromatic carbocycles. The molecule has 0 amide bonds. The number of fused-ring (bicyclic) bond motifs is 2. The van der Waals surface area contributed by atoms with E-state index in [1.807, 2.05) is 158 Å². The molecule has 274 valence electrons. The number of methoxy groups -OCH3 is 2. The molecule has 0 saturated carbocycles. The highest BCUT2D eigenvalue weighted by molar-refractivity contribution is 7.86. The molecule has 0 aliphatic carbocycles. The largest absolute Gasteiger partial charge is 0.465 e. The third-order valence-electron chi connectivity index (χ3n) is 10.3. The Balaban J connectivity index is 1.65. The molecule has 0 aliphatic rings. The van der Waals surface area contributed by atoms with Gasteiger partial charge in [0, 0.05) is 43.0 Å². The molecular formula is C48H36O6P2. The number of hydrogen-bond donors (Lipinski definition) is 0. The molecule has 0 bridgehead atoms. The lowest BCUT2D eigenvalue weighted by atomic mass is 9.91. The maximum Gasteiger partial charge on any atom is 0.338 e. The minimum absolute atomic E-state index is 0.318. The molecule has 0 aliphatic heterocycles. The van der Waals surface area contributed by atoms with Gasteiger partial charge < -0.3 is 18.6 Å². The molecule has 0 unspecified atom stereocenters. The summed E-state index contributed by atoms with van der Waals surface area (Å²) in [7, 11) is -4.84. The molecule has 0 heterocycles. The zero-order chi connectivity index (χ0) is 38.9. The summed E-state index contributed by atoms with van der Waals surface area (Å²) >= 11 is 0. The van der Waals surface area contributed by atoms with Crippen LogP contribution in [0, 0.1) is 0 Å². The number of ether oxygens (including phenoxy) is 2. The Labute approximate surface area is 325 Å². The lowest BCUT2D eigenvalue weighted by Crippen LogP contribution is -2.30. The van der Waals surface area contributed by atoms with Crippen LogP contribution in [0.4, 0.5) is 0 Å². The number of rotatable bonds is 9. The predicted octanol–water partition coefficient (Wildman–Crippen LogP) is 8.51. The summed E-state index contributed by atoms with van der Waals surface area (Å²) in [4.78, 5) is 26.8. The van der Waals surface area contributed by atoms with Crippen LogP contribution in [0.15, 0.2) is 182 Å². The van der Waals surface area contributed by atoms with E-state index in [-0.39, 0.29) is 0 Å². The molecule has 0 fully saturated rings. The Bertz CT molecular complexity index is 2570. The Morgan fingerprint density at radius 3 is 0.946 bits per heavy atom. The Morgan fingerprint density at radius 2 is 0.661 bits per heavy atom. The topological polar surface area (TPSA) is 86.7 Å². The van der Waals surface area contributed by atoms with E-state index in [1.165, 1.54) is 14.2 Å². The van der Waals surface area contributed by atoms with Gasteiger partial charge in [0.25, 0.3) is 0 Å². The van der Waals surface area contributed by atoms with Crippen LogP contribution in [-0.2, 0) is 18.6 Å². The van der Waals surface area contributed by atoms with Gasteiger partial charge in [-0.05, 0) is 45.8 Å². The van der Waals surface area contributed by atoms with Gasteiger partial charge in [-0.1, -0.05) is 158 Å². The molecule has 0 N–H and O–H groups in total. The van der Waals surface area contributed by atoms with Crippen molar-refractivity contribution >= 4 is 79.6 Å². The number of benzene rings is 8. The lowest BCUT2D eigenvalue weighted by Gasteiger charge is -2.29. The zero-order valence-corrected chi connectivity index (χ0v) is 32.5.